The summed E-state index contributed by atoms with van der Waals surface area (Å²) in [6.07, 6.45) is 1.77. The molecule has 1 amide bonds. The summed E-state index contributed by atoms with van der Waals surface area (Å²) in [5.74, 6) is 2.58. The summed E-state index contributed by atoms with van der Waals surface area (Å²) in [5.41, 5.74) is 1.82. The zero-order valence-electron chi connectivity index (χ0n) is 16.3. The van der Waals surface area contributed by atoms with Gasteiger partial charge in [0.15, 0.2) is 11.5 Å². The van der Waals surface area contributed by atoms with Gasteiger partial charge >= 0.3 is 0 Å². The number of carbonyl (C=O) groups excluding carboxylic acids is 1. The van der Waals surface area contributed by atoms with Crippen LogP contribution >= 0.6 is 11.8 Å². The Labute approximate surface area is 178 Å². The highest BCUT2D eigenvalue weighted by Gasteiger charge is 2.27. The lowest BCUT2D eigenvalue weighted by molar-refractivity contribution is 0.0686. The van der Waals surface area contributed by atoms with Crippen LogP contribution in [0.2, 0.25) is 0 Å². The summed E-state index contributed by atoms with van der Waals surface area (Å²) in [6, 6.07) is 15.2. The quantitative estimate of drug-likeness (QED) is 0.572. The van der Waals surface area contributed by atoms with E-state index in [9.17, 15) is 4.79 Å². The molecule has 1 fully saturated rings. The number of amides is 1. The summed E-state index contributed by atoms with van der Waals surface area (Å²) in [4.78, 5) is 14.3. The van der Waals surface area contributed by atoms with E-state index in [-0.39, 0.29) is 5.91 Å². The second kappa shape index (κ2) is 8.39. The fraction of sp³-hybridized carbons (Fsp3) is 0.318. The first-order valence-electron chi connectivity index (χ1n) is 9.99. The molecule has 5 rings (SSSR count). The average molecular weight is 423 g/mol. The van der Waals surface area contributed by atoms with Gasteiger partial charge in [-0.15, -0.1) is 10.2 Å². The summed E-state index contributed by atoms with van der Waals surface area (Å²) >= 11 is 1.45. The third-order valence-corrected chi connectivity index (χ3v) is 6.05. The van der Waals surface area contributed by atoms with Gasteiger partial charge in [-0.05, 0) is 42.7 Å². The Morgan fingerprint density at radius 3 is 2.60 bits per heavy atom. The van der Waals surface area contributed by atoms with Crippen LogP contribution in [-0.2, 0) is 5.75 Å². The van der Waals surface area contributed by atoms with Crippen LogP contribution in [0.1, 0.15) is 40.8 Å². The molecular formula is C22H21N3O4S. The molecule has 0 N–H and O–H groups in total. The average Bonchev–Trinajstić information content (AvgIpc) is 3.50. The van der Waals surface area contributed by atoms with Crippen molar-refractivity contribution in [3.63, 3.8) is 0 Å². The van der Waals surface area contributed by atoms with Crippen molar-refractivity contribution in [2.75, 3.05) is 19.7 Å². The maximum Gasteiger partial charge on any atom is 0.277 e. The molecule has 0 unspecified atom stereocenters. The van der Waals surface area contributed by atoms with Crippen LogP contribution in [-0.4, -0.2) is 40.7 Å². The number of rotatable bonds is 5. The maximum absolute atomic E-state index is 12.4. The van der Waals surface area contributed by atoms with Gasteiger partial charge in [-0.1, -0.05) is 36.0 Å². The molecule has 3 aromatic rings. The molecule has 154 valence electrons. The molecule has 1 atom stereocenters. The molecule has 0 spiro atoms. The Kier molecular flexibility index (Phi) is 5.31. The minimum atomic E-state index is -0.419. The predicted molar refractivity (Wildman–Crippen MR) is 111 cm³/mol. The van der Waals surface area contributed by atoms with E-state index in [0.717, 1.165) is 42.8 Å². The van der Waals surface area contributed by atoms with E-state index in [0.29, 0.717) is 29.2 Å². The number of aromatic nitrogens is 2. The van der Waals surface area contributed by atoms with Crippen LogP contribution in [0.4, 0.5) is 0 Å². The third kappa shape index (κ3) is 4.00. The van der Waals surface area contributed by atoms with Crippen molar-refractivity contribution >= 4 is 17.7 Å². The molecule has 0 aliphatic carbocycles. The Bertz CT molecular complexity index is 1030. The summed E-state index contributed by atoms with van der Waals surface area (Å²) in [7, 11) is 0. The lowest BCUT2D eigenvalue weighted by Crippen LogP contribution is -2.27. The first-order valence-corrected chi connectivity index (χ1v) is 11.0. The second-order valence-corrected chi connectivity index (χ2v) is 8.18. The predicted octanol–water partition coefficient (Wildman–Crippen LogP) is 4.11. The van der Waals surface area contributed by atoms with Gasteiger partial charge in [-0.3, -0.25) is 4.79 Å². The smallest absolute Gasteiger partial charge is 0.277 e. The molecule has 7 nitrogen and oxygen atoms in total. The number of likely N-dealkylation sites (tertiary alicyclic amines) is 1. The van der Waals surface area contributed by atoms with Gasteiger partial charge in [0, 0.05) is 24.4 Å². The van der Waals surface area contributed by atoms with Crippen molar-refractivity contribution in [3.05, 3.63) is 65.5 Å². The molecule has 2 aromatic carbocycles. The number of fused-ring (bicyclic) bond motifs is 1. The fourth-order valence-corrected chi connectivity index (χ4v) is 4.27. The number of hydrogen-bond donors (Lipinski definition) is 0. The summed E-state index contributed by atoms with van der Waals surface area (Å²) in [6.45, 7) is 2.05. The van der Waals surface area contributed by atoms with Gasteiger partial charge in [0.05, 0.1) is 0 Å². The van der Waals surface area contributed by atoms with Gasteiger partial charge in [-0.25, -0.2) is 0 Å². The molecule has 0 saturated carbocycles. The number of para-hydroxylation sites is 2. The van der Waals surface area contributed by atoms with E-state index in [4.69, 9.17) is 13.9 Å². The van der Waals surface area contributed by atoms with Gasteiger partial charge in [0.25, 0.3) is 17.0 Å². The first kappa shape index (κ1) is 19.0. The van der Waals surface area contributed by atoms with Crippen molar-refractivity contribution in [2.45, 2.75) is 29.9 Å². The highest BCUT2D eigenvalue weighted by Crippen LogP contribution is 2.36. The van der Waals surface area contributed by atoms with Crippen molar-refractivity contribution in [1.29, 1.82) is 0 Å². The number of thioether (sulfide) groups is 1. The summed E-state index contributed by atoms with van der Waals surface area (Å²) < 4.78 is 17.4. The molecule has 3 heterocycles. The molecule has 1 aromatic heterocycles. The van der Waals surface area contributed by atoms with Crippen LogP contribution in [0, 0.1) is 0 Å². The monoisotopic (exact) mass is 423 g/mol. The lowest BCUT2D eigenvalue weighted by atomic mass is 10.1. The zero-order chi connectivity index (χ0) is 20.3. The fourth-order valence-electron chi connectivity index (χ4n) is 3.54. The van der Waals surface area contributed by atoms with Crippen molar-refractivity contribution in [2.24, 2.45) is 0 Å². The minimum Gasteiger partial charge on any atom is -0.485 e. The molecule has 2 aliphatic rings. The number of benzene rings is 2. The van der Waals surface area contributed by atoms with Crippen LogP contribution in [0.5, 0.6) is 11.5 Å². The number of nitrogens with zero attached hydrogens (tertiary/aromatic N) is 3. The molecule has 30 heavy (non-hydrogen) atoms. The Morgan fingerprint density at radius 1 is 1.03 bits per heavy atom. The SMILES string of the molecule is O=C(c1ccc(CSc2nnc([C@@H]3COc4ccccc4O3)o2)cc1)N1CCCC1. The molecule has 0 bridgehead atoms. The van der Waals surface area contributed by atoms with E-state index in [1.54, 1.807) is 0 Å². The van der Waals surface area contributed by atoms with Crippen LogP contribution < -0.4 is 9.47 Å². The third-order valence-electron chi connectivity index (χ3n) is 5.16. The summed E-state index contributed by atoms with van der Waals surface area (Å²) in [5, 5.41) is 8.70. The Balaban J connectivity index is 1.18. The van der Waals surface area contributed by atoms with E-state index in [1.807, 2.05) is 53.4 Å². The van der Waals surface area contributed by atoms with E-state index < -0.39 is 6.10 Å². The van der Waals surface area contributed by atoms with E-state index in [2.05, 4.69) is 10.2 Å². The normalized spacial score (nSPS) is 17.9. The van der Waals surface area contributed by atoms with Crippen molar-refractivity contribution < 1.29 is 18.7 Å². The maximum atomic E-state index is 12.4. The van der Waals surface area contributed by atoms with Crippen LogP contribution in [0.3, 0.4) is 0 Å². The van der Waals surface area contributed by atoms with E-state index >= 15 is 0 Å². The largest absolute Gasteiger partial charge is 0.485 e. The molecular weight excluding hydrogens is 402 g/mol. The Morgan fingerprint density at radius 2 is 1.80 bits per heavy atom. The van der Waals surface area contributed by atoms with Crippen LogP contribution in [0.15, 0.2) is 58.2 Å². The van der Waals surface area contributed by atoms with Gasteiger partial charge in [-0.2, -0.15) is 0 Å². The number of carbonyl (C=O) groups is 1. The molecule has 0 radical (unpaired) electrons. The standard InChI is InChI=1S/C22H21N3O4S/c26-21(25-11-3-4-12-25)16-9-7-15(8-10-16)14-30-22-24-23-20(29-22)19-13-27-17-5-1-2-6-18(17)28-19/h1-2,5-10,19H,3-4,11-14H2/t19-/m0/s1. The second-order valence-electron chi connectivity index (χ2n) is 7.26. The van der Waals surface area contributed by atoms with E-state index in [1.165, 1.54) is 11.8 Å². The highest BCUT2D eigenvalue weighted by molar-refractivity contribution is 7.98. The molecule has 2 aliphatic heterocycles. The Hall–Kier alpha value is -3.00. The molecule has 1 saturated heterocycles. The number of hydrogen-bond acceptors (Lipinski definition) is 7. The van der Waals surface area contributed by atoms with Crippen LogP contribution in [0.25, 0.3) is 0 Å². The zero-order valence-corrected chi connectivity index (χ0v) is 17.1. The number of ether oxygens (including phenoxy) is 2. The molecule has 8 heteroatoms. The van der Waals surface area contributed by atoms with Crippen molar-refractivity contribution in [1.82, 2.24) is 15.1 Å². The minimum absolute atomic E-state index is 0.115. The van der Waals surface area contributed by atoms with Gasteiger partial charge in [0.1, 0.15) is 6.61 Å². The first-order chi connectivity index (χ1) is 14.8. The highest BCUT2D eigenvalue weighted by atomic mass is 32.2. The van der Waals surface area contributed by atoms with Crippen molar-refractivity contribution in [3.8, 4) is 11.5 Å². The van der Waals surface area contributed by atoms with Gasteiger partial charge < -0.3 is 18.8 Å². The topological polar surface area (TPSA) is 77.7 Å². The lowest BCUT2D eigenvalue weighted by Gasteiger charge is -2.23. The van der Waals surface area contributed by atoms with Gasteiger partial charge in [0.2, 0.25) is 6.10 Å².